The van der Waals surface area contributed by atoms with Crippen molar-refractivity contribution in [3.8, 4) is 22.3 Å². The first-order valence-corrected chi connectivity index (χ1v) is 6.85. The number of aromatic nitrogens is 2. The number of nitrogens with one attached hydrogen (secondary N) is 2. The molecule has 22 heavy (non-hydrogen) atoms. The predicted octanol–water partition coefficient (Wildman–Crippen LogP) is 3.81. The van der Waals surface area contributed by atoms with Crippen LogP contribution in [-0.4, -0.2) is 22.4 Å². The van der Waals surface area contributed by atoms with Crippen LogP contribution in [0.25, 0.3) is 22.3 Å². The molecule has 0 atom stereocenters. The van der Waals surface area contributed by atoms with Gasteiger partial charge in [-0.2, -0.15) is 0 Å². The number of pyridine rings is 2. The van der Waals surface area contributed by atoms with E-state index in [1.807, 2.05) is 48.5 Å². The van der Waals surface area contributed by atoms with Gasteiger partial charge >= 0.3 is 0 Å². The van der Waals surface area contributed by atoms with Crippen molar-refractivity contribution in [3.63, 3.8) is 0 Å². The minimum Gasteiger partial charge on any atom is -0.306 e. The fourth-order valence-corrected chi connectivity index (χ4v) is 2.38. The van der Waals surface area contributed by atoms with Gasteiger partial charge in [-0.15, -0.1) is 0 Å². The molecule has 0 aliphatic heterocycles. The lowest BCUT2D eigenvalue weighted by atomic mass is 9.99. The third-order valence-corrected chi connectivity index (χ3v) is 3.46. The molecule has 2 N–H and O–H groups in total. The Bertz CT molecular complexity index is 752. The molecule has 106 valence electrons. The van der Waals surface area contributed by atoms with E-state index in [1.165, 1.54) is 12.4 Å². The van der Waals surface area contributed by atoms with Gasteiger partial charge in [0.15, 0.2) is 0 Å². The molecule has 0 unspecified atom stereocenters. The van der Waals surface area contributed by atoms with Crippen LogP contribution in [0.3, 0.4) is 0 Å². The molecule has 0 saturated carbocycles. The Hall–Kier alpha value is -3.14. The lowest BCUT2D eigenvalue weighted by Crippen LogP contribution is -1.93. The van der Waals surface area contributed by atoms with E-state index >= 15 is 0 Å². The van der Waals surface area contributed by atoms with Crippen LogP contribution in [0.4, 0.5) is 0 Å². The summed E-state index contributed by atoms with van der Waals surface area (Å²) in [5, 5.41) is 14.9. The van der Waals surface area contributed by atoms with Gasteiger partial charge in [0.25, 0.3) is 0 Å². The highest BCUT2D eigenvalue weighted by molar-refractivity contribution is 5.88. The molecule has 0 aliphatic carbocycles. The molecule has 0 spiro atoms. The van der Waals surface area contributed by atoms with E-state index in [9.17, 15) is 0 Å². The summed E-state index contributed by atoms with van der Waals surface area (Å²) < 4.78 is 0. The van der Waals surface area contributed by atoms with Gasteiger partial charge in [0.05, 0.1) is 11.4 Å². The maximum absolute atomic E-state index is 7.44. The highest BCUT2D eigenvalue weighted by atomic mass is 14.7. The number of hydrogen-bond donors (Lipinski definition) is 2. The van der Waals surface area contributed by atoms with Crippen molar-refractivity contribution in [1.82, 2.24) is 9.97 Å². The van der Waals surface area contributed by atoms with Crippen LogP contribution < -0.4 is 0 Å². The molecule has 2 heterocycles. The average molecular weight is 286 g/mol. The Balaban J connectivity index is 2.03. The fourth-order valence-electron chi connectivity index (χ4n) is 2.38. The first-order chi connectivity index (χ1) is 10.8. The lowest BCUT2D eigenvalue weighted by molar-refractivity contribution is 1.29. The van der Waals surface area contributed by atoms with Crippen molar-refractivity contribution in [2.75, 3.05) is 0 Å². The summed E-state index contributed by atoms with van der Waals surface area (Å²) in [6.07, 6.45) is 5.89. The van der Waals surface area contributed by atoms with Crippen molar-refractivity contribution in [1.29, 1.82) is 10.8 Å². The van der Waals surface area contributed by atoms with Crippen LogP contribution in [0.15, 0.2) is 60.9 Å². The maximum atomic E-state index is 7.44. The van der Waals surface area contributed by atoms with E-state index in [1.54, 1.807) is 12.4 Å². The van der Waals surface area contributed by atoms with Gasteiger partial charge in [-0.1, -0.05) is 36.4 Å². The second kappa shape index (κ2) is 6.10. The Kier molecular flexibility index (Phi) is 3.83. The molecule has 0 amide bonds. The highest BCUT2D eigenvalue weighted by Crippen LogP contribution is 2.26. The smallest absolute Gasteiger partial charge is 0.0883 e. The summed E-state index contributed by atoms with van der Waals surface area (Å²) in [6, 6.07) is 15.6. The van der Waals surface area contributed by atoms with E-state index in [-0.39, 0.29) is 0 Å². The van der Waals surface area contributed by atoms with Gasteiger partial charge < -0.3 is 10.8 Å². The standard InChI is InChI=1S/C18H14N4/c19-11-17-15(3-1-9-21-17)13-5-7-14(8-6-13)16-4-2-10-22-18(16)12-20/h1-12,19-20H. The monoisotopic (exact) mass is 286 g/mol. The summed E-state index contributed by atoms with van der Waals surface area (Å²) in [6.45, 7) is 0. The van der Waals surface area contributed by atoms with Gasteiger partial charge in [-0.3, -0.25) is 9.97 Å². The minimum atomic E-state index is 0.650. The quantitative estimate of drug-likeness (QED) is 0.716. The summed E-state index contributed by atoms with van der Waals surface area (Å²) >= 11 is 0. The summed E-state index contributed by atoms with van der Waals surface area (Å²) in [7, 11) is 0. The zero-order chi connectivity index (χ0) is 15.4. The highest BCUT2D eigenvalue weighted by Gasteiger charge is 2.06. The van der Waals surface area contributed by atoms with E-state index in [0.29, 0.717) is 11.4 Å². The topological polar surface area (TPSA) is 73.5 Å². The number of nitrogens with zero attached hydrogens (tertiary/aromatic N) is 2. The minimum absolute atomic E-state index is 0.650. The molecule has 3 aromatic rings. The molecule has 0 fully saturated rings. The zero-order valence-electron chi connectivity index (χ0n) is 11.8. The van der Waals surface area contributed by atoms with E-state index in [4.69, 9.17) is 10.8 Å². The molecular formula is C18H14N4. The third kappa shape index (κ3) is 2.54. The van der Waals surface area contributed by atoms with E-state index in [2.05, 4.69) is 9.97 Å². The van der Waals surface area contributed by atoms with E-state index in [0.717, 1.165) is 22.3 Å². The summed E-state index contributed by atoms with van der Waals surface area (Å²) in [5.41, 5.74) is 5.19. The predicted molar refractivity (Wildman–Crippen MR) is 88.7 cm³/mol. The van der Waals surface area contributed by atoms with Crippen LogP contribution in [-0.2, 0) is 0 Å². The van der Waals surface area contributed by atoms with Crippen LogP contribution in [0.1, 0.15) is 11.4 Å². The molecule has 4 heteroatoms. The van der Waals surface area contributed by atoms with Crippen molar-refractivity contribution in [3.05, 3.63) is 72.3 Å². The Morgan fingerprint density at radius 2 is 1.05 bits per heavy atom. The number of benzene rings is 1. The van der Waals surface area contributed by atoms with Gasteiger partial charge in [0.2, 0.25) is 0 Å². The van der Waals surface area contributed by atoms with Gasteiger partial charge in [0.1, 0.15) is 0 Å². The molecule has 0 radical (unpaired) electrons. The van der Waals surface area contributed by atoms with Gasteiger partial charge in [-0.05, 0) is 23.3 Å². The van der Waals surface area contributed by atoms with Crippen LogP contribution in [0.2, 0.25) is 0 Å². The number of rotatable bonds is 4. The van der Waals surface area contributed by atoms with Gasteiger partial charge in [-0.25, -0.2) is 0 Å². The van der Waals surface area contributed by atoms with Crippen LogP contribution in [0, 0.1) is 10.8 Å². The lowest BCUT2D eigenvalue weighted by Gasteiger charge is -2.08. The molecule has 4 nitrogen and oxygen atoms in total. The molecule has 0 bridgehead atoms. The van der Waals surface area contributed by atoms with Crippen molar-refractivity contribution < 1.29 is 0 Å². The largest absolute Gasteiger partial charge is 0.306 e. The number of hydrogen-bond acceptors (Lipinski definition) is 4. The zero-order valence-corrected chi connectivity index (χ0v) is 11.8. The molecule has 3 rings (SSSR count). The summed E-state index contributed by atoms with van der Waals surface area (Å²) in [5.74, 6) is 0. The second-order valence-corrected chi connectivity index (χ2v) is 4.74. The molecule has 0 aliphatic rings. The van der Waals surface area contributed by atoms with Crippen molar-refractivity contribution in [2.45, 2.75) is 0 Å². The van der Waals surface area contributed by atoms with Crippen molar-refractivity contribution in [2.24, 2.45) is 0 Å². The molecule has 2 aromatic heterocycles. The van der Waals surface area contributed by atoms with Crippen LogP contribution >= 0.6 is 0 Å². The first kappa shape index (κ1) is 13.8. The Morgan fingerprint density at radius 1 is 0.636 bits per heavy atom. The average Bonchev–Trinajstić information content (AvgIpc) is 2.62. The van der Waals surface area contributed by atoms with E-state index < -0.39 is 0 Å². The second-order valence-electron chi connectivity index (χ2n) is 4.74. The SMILES string of the molecule is N=Cc1ncccc1-c1ccc(-c2cccnc2C=N)cc1. The molecule has 0 saturated heterocycles. The molecular weight excluding hydrogens is 272 g/mol. The summed E-state index contributed by atoms with van der Waals surface area (Å²) in [4.78, 5) is 8.40. The first-order valence-electron chi connectivity index (χ1n) is 6.85. The Morgan fingerprint density at radius 3 is 1.41 bits per heavy atom. The maximum Gasteiger partial charge on any atom is 0.0883 e. The van der Waals surface area contributed by atoms with Gasteiger partial charge in [0, 0.05) is 35.9 Å². The molecule has 1 aromatic carbocycles. The van der Waals surface area contributed by atoms with Crippen LogP contribution in [0.5, 0.6) is 0 Å². The Labute approximate surface area is 128 Å². The normalized spacial score (nSPS) is 10.2. The third-order valence-electron chi connectivity index (χ3n) is 3.46. The fraction of sp³-hybridized carbons (Fsp3) is 0. The van der Waals surface area contributed by atoms with Crippen molar-refractivity contribution >= 4 is 12.4 Å².